The molecule has 0 aliphatic rings. The molecule has 0 aliphatic carbocycles. The first kappa shape index (κ1) is 118. The van der Waals surface area contributed by atoms with Gasteiger partial charge in [-0.15, -0.1) is 0 Å². The number of esters is 3. The van der Waals surface area contributed by atoms with Gasteiger partial charge >= 0.3 is 33.6 Å². The first-order valence-electron chi connectivity index (χ1n) is 49.8. The second-order valence-corrected chi connectivity index (χ2v) is 36.1. The summed E-state index contributed by atoms with van der Waals surface area (Å²) in [7, 11) is -9.82. The van der Waals surface area contributed by atoms with E-state index < -0.39 is 91.5 Å². The van der Waals surface area contributed by atoms with Crippen molar-refractivity contribution >= 4 is 33.6 Å². The molecule has 5 atom stereocenters. The highest BCUT2D eigenvalue weighted by atomic mass is 31.2. The highest BCUT2D eigenvalue weighted by Gasteiger charge is 2.30. The maximum Gasteiger partial charge on any atom is 0.472 e. The van der Waals surface area contributed by atoms with Crippen molar-refractivity contribution in [3.05, 3.63) is 158 Å². The molecular formula is C105H182O16P2. The molecule has 708 valence electrons. The van der Waals surface area contributed by atoms with Crippen molar-refractivity contribution < 1.29 is 75.8 Å². The predicted octanol–water partition coefficient (Wildman–Crippen LogP) is 31.2. The number of unbranched alkanes of at least 4 members (excludes halogenated alkanes) is 45. The van der Waals surface area contributed by atoms with E-state index in [1.807, 2.05) is 0 Å². The minimum absolute atomic E-state index is 0.0819. The van der Waals surface area contributed by atoms with Gasteiger partial charge in [0.05, 0.1) is 26.4 Å². The van der Waals surface area contributed by atoms with Crippen LogP contribution in [-0.4, -0.2) is 95.9 Å². The summed E-state index contributed by atoms with van der Waals surface area (Å²) in [4.78, 5) is 59.1. The van der Waals surface area contributed by atoms with Crippen LogP contribution in [0.1, 0.15) is 432 Å². The van der Waals surface area contributed by atoms with Crippen molar-refractivity contribution in [3.63, 3.8) is 0 Å². The number of phosphoric acid groups is 2. The molecule has 0 saturated carbocycles. The van der Waals surface area contributed by atoms with Gasteiger partial charge in [-0.2, -0.15) is 0 Å². The summed E-state index contributed by atoms with van der Waals surface area (Å²) in [5.74, 6) is -1.58. The monoisotopic (exact) mass is 1760 g/mol. The molecule has 0 aliphatic heterocycles. The number of rotatable bonds is 94. The summed E-state index contributed by atoms with van der Waals surface area (Å²) in [5, 5.41) is 20.8. The predicted molar refractivity (Wildman–Crippen MR) is 519 cm³/mol. The van der Waals surface area contributed by atoms with E-state index in [4.69, 9.17) is 32.3 Å². The molecule has 0 rings (SSSR count). The molecule has 0 amide bonds. The lowest BCUT2D eigenvalue weighted by atomic mass is 10.0. The zero-order valence-corrected chi connectivity index (χ0v) is 80.1. The van der Waals surface area contributed by atoms with E-state index in [1.165, 1.54) is 225 Å². The molecule has 0 bridgehead atoms. The Labute approximate surface area is 752 Å². The Morgan fingerprint density at radius 3 is 0.683 bits per heavy atom. The van der Waals surface area contributed by atoms with E-state index >= 15 is 0 Å². The van der Waals surface area contributed by atoms with Crippen LogP contribution in [0.2, 0.25) is 0 Å². The zero-order chi connectivity index (χ0) is 89.3. The van der Waals surface area contributed by atoms with E-state index in [-0.39, 0.29) is 19.3 Å². The van der Waals surface area contributed by atoms with Gasteiger partial charge in [0.25, 0.3) is 0 Å². The number of allylic oxidation sites excluding steroid dienone is 26. The molecule has 123 heavy (non-hydrogen) atoms. The van der Waals surface area contributed by atoms with E-state index in [1.54, 1.807) is 0 Å². The van der Waals surface area contributed by atoms with Crippen LogP contribution in [0, 0.1) is 0 Å². The molecule has 4 N–H and O–H groups in total. The number of carbonyl (C=O) groups is 3. The van der Waals surface area contributed by atoms with Gasteiger partial charge < -0.3 is 34.2 Å². The standard InChI is InChI=1S/C105H182O16P2/c1-4-7-10-13-16-19-22-25-28-31-34-37-39-41-43-45-47-48-49-50-52-54-55-57-59-62-64-67-70-73-76-79-82-85-88-91-103(108)115-94-100(106)95-117-122(111,112)118-96-101(107)97-119-123(113,114)120-99-102(121-105(110)93-90-87-84-81-78-75-72-69-66-61-36-33-30-27-24-21-18-15-12-9-6-3)98-116-104(109)92-89-86-83-80-77-74-71-68-65-63-60-58-56-53-51-46-44-42-40-38-35-32-29-26-23-20-17-14-11-8-5-2/h7,10,16-21,25-30,34-38,41-44,61,69,72,100-102,106-107H,4-6,8-9,11-15,22-24,31-33,39-40,45-60,62-68,70-71,73-99H2,1-3H3,(H,111,112)(H,113,114)/b10-7-,19-16-,20-17-,21-18-,28-25-,29-26-,30-27-,37-34-,38-35-,43-41-,44-42-,61-36-,72-69-. The van der Waals surface area contributed by atoms with Crippen molar-refractivity contribution in [1.82, 2.24) is 0 Å². The lowest BCUT2D eigenvalue weighted by molar-refractivity contribution is -0.161. The Kier molecular flexibility index (Phi) is 92.5. The minimum Gasteiger partial charge on any atom is -0.463 e. The van der Waals surface area contributed by atoms with E-state index in [0.29, 0.717) is 19.3 Å². The summed E-state index contributed by atoms with van der Waals surface area (Å²) in [6.45, 7) is 2.56. The lowest BCUT2D eigenvalue weighted by Gasteiger charge is -2.21. The number of hydrogen-bond donors (Lipinski definition) is 4. The molecule has 0 fully saturated rings. The quantitative estimate of drug-likeness (QED) is 0.0146. The average Bonchev–Trinajstić information content (AvgIpc) is 0.898. The van der Waals surface area contributed by atoms with Gasteiger partial charge in [0.2, 0.25) is 0 Å². The maximum absolute atomic E-state index is 13.1. The van der Waals surface area contributed by atoms with Crippen molar-refractivity contribution in [2.75, 3.05) is 39.6 Å². The highest BCUT2D eigenvalue weighted by molar-refractivity contribution is 7.47. The van der Waals surface area contributed by atoms with Crippen molar-refractivity contribution in [1.29, 1.82) is 0 Å². The fourth-order valence-electron chi connectivity index (χ4n) is 13.7. The topological polar surface area (TPSA) is 231 Å². The van der Waals surface area contributed by atoms with Crippen LogP contribution in [0.5, 0.6) is 0 Å². The number of phosphoric ester groups is 2. The molecule has 0 radical (unpaired) electrons. The summed E-state index contributed by atoms with van der Waals surface area (Å²) in [6, 6.07) is 0. The van der Waals surface area contributed by atoms with Crippen molar-refractivity contribution in [2.24, 2.45) is 0 Å². The van der Waals surface area contributed by atoms with Crippen LogP contribution in [-0.2, 0) is 55.8 Å². The summed E-state index contributed by atoms with van der Waals surface area (Å²) < 4.78 is 61.6. The molecule has 0 aromatic rings. The van der Waals surface area contributed by atoms with Gasteiger partial charge in [-0.05, 0) is 154 Å². The number of hydrogen-bond acceptors (Lipinski definition) is 14. The minimum atomic E-state index is -4.95. The summed E-state index contributed by atoms with van der Waals surface area (Å²) in [6.07, 6.45) is 124. The van der Waals surface area contributed by atoms with Crippen molar-refractivity contribution in [3.8, 4) is 0 Å². The highest BCUT2D eigenvalue weighted by Crippen LogP contribution is 2.45. The maximum atomic E-state index is 13.1. The fourth-order valence-corrected chi connectivity index (χ4v) is 15.3. The summed E-state index contributed by atoms with van der Waals surface area (Å²) in [5.41, 5.74) is 0. The molecule has 0 aromatic heterocycles. The number of aliphatic hydroxyl groups is 2. The number of ether oxygens (including phenoxy) is 3. The summed E-state index contributed by atoms with van der Waals surface area (Å²) >= 11 is 0. The average molecular weight is 1760 g/mol. The Bertz CT molecular complexity index is 2870. The van der Waals surface area contributed by atoms with Crippen LogP contribution >= 0.6 is 15.6 Å². The Morgan fingerprint density at radius 2 is 0.431 bits per heavy atom. The van der Waals surface area contributed by atoms with Crippen LogP contribution in [0.15, 0.2) is 158 Å². The second-order valence-electron chi connectivity index (χ2n) is 33.2. The fraction of sp³-hybridized carbons (Fsp3) is 0.724. The number of carbonyl (C=O) groups excluding carboxylic acids is 3. The van der Waals surface area contributed by atoms with Gasteiger partial charge in [0.15, 0.2) is 6.10 Å². The Morgan fingerprint density at radius 1 is 0.236 bits per heavy atom. The molecule has 16 nitrogen and oxygen atoms in total. The van der Waals surface area contributed by atoms with Crippen LogP contribution in [0.3, 0.4) is 0 Å². The molecule has 0 aromatic carbocycles. The van der Waals surface area contributed by atoms with E-state index in [2.05, 4.69) is 179 Å². The van der Waals surface area contributed by atoms with Crippen molar-refractivity contribution in [2.45, 2.75) is 450 Å². The number of aliphatic hydroxyl groups excluding tert-OH is 2. The first-order valence-corrected chi connectivity index (χ1v) is 52.8. The second kappa shape index (κ2) is 96.3. The van der Waals surface area contributed by atoms with Gasteiger partial charge in [-0.1, -0.05) is 416 Å². The molecule has 0 saturated heterocycles. The molecule has 18 heteroatoms. The van der Waals surface area contributed by atoms with Gasteiger partial charge in [-0.25, -0.2) is 9.13 Å². The van der Waals surface area contributed by atoms with Gasteiger partial charge in [0.1, 0.15) is 25.4 Å². The van der Waals surface area contributed by atoms with E-state index in [9.17, 15) is 43.5 Å². The normalized spacial score (nSPS) is 14.4. The largest absolute Gasteiger partial charge is 0.472 e. The SMILES string of the molecule is CC/C=C\C/C=C\C/C=C\C/C=C\C/C=C\CCCCCCCCCCCCCCCCCCCCCC(=O)OCC(O)COP(=O)(O)OCC(O)COP(=O)(O)OCC(COC(=O)CCCCCCCCCCCCCCCCC/C=C\C/C=C\C/C=C\C/C=C\CCCCC)OC(=O)CCCCCCC/C=C\C/C=C\C/C=C\C/C=C\CCCCC. The van der Waals surface area contributed by atoms with Gasteiger partial charge in [-0.3, -0.25) is 32.5 Å². The third-order valence-corrected chi connectivity index (χ3v) is 23.1. The van der Waals surface area contributed by atoms with Crippen LogP contribution < -0.4 is 0 Å². The van der Waals surface area contributed by atoms with Gasteiger partial charge in [0, 0.05) is 19.3 Å². The van der Waals surface area contributed by atoms with Crippen LogP contribution in [0.25, 0.3) is 0 Å². The third-order valence-electron chi connectivity index (χ3n) is 21.2. The Balaban J connectivity index is 4.53. The smallest absolute Gasteiger partial charge is 0.463 e. The molecule has 0 heterocycles. The van der Waals surface area contributed by atoms with E-state index in [0.717, 1.165) is 148 Å². The third kappa shape index (κ3) is 97.6. The van der Waals surface area contributed by atoms with Crippen LogP contribution in [0.4, 0.5) is 0 Å². The zero-order valence-electron chi connectivity index (χ0n) is 78.3. The Hall–Kier alpha value is -4.83. The first-order chi connectivity index (χ1) is 60.2. The lowest BCUT2D eigenvalue weighted by Crippen LogP contribution is -2.30. The molecular weight excluding hydrogens is 1580 g/mol. The molecule has 0 spiro atoms. The molecule has 5 unspecified atom stereocenters.